The lowest BCUT2D eigenvalue weighted by Gasteiger charge is -2.29. The first-order chi connectivity index (χ1) is 10.8. The molecule has 1 aromatic rings. The van der Waals surface area contributed by atoms with Crippen molar-refractivity contribution in [3.63, 3.8) is 0 Å². The largest absolute Gasteiger partial charge is 0.481 e. The number of carboxylic acids is 1. The molecule has 2 aliphatic heterocycles. The van der Waals surface area contributed by atoms with Crippen molar-refractivity contribution in [2.24, 2.45) is 11.3 Å². The number of carbonyl (C=O) groups is 1. The summed E-state index contributed by atoms with van der Waals surface area (Å²) in [4.78, 5) is 22.4. The number of fused-ring (bicyclic) bond motifs is 1. The summed E-state index contributed by atoms with van der Waals surface area (Å²) < 4.78 is 25.0. The molecular weight excluding hydrogens is 320 g/mol. The van der Waals surface area contributed by atoms with Crippen molar-refractivity contribution in [2.45, 2.75) is 12.8 Å². The summed E-state index contributed by atoms with van der Waals surface area (Å²) >= 11 is 0. The van der Waals surface area contributed by atoms with E-state index >= 15 is 0 Å². The number of rotatable bonds is 3. The molecule has 0 aromatic carbocycles. The van der Waals surface area contributed by atoms with Gasteiger partial charge in [0.2, 0.25) is 16.0 Å². The van der Waals surface area contributed by atoms with Crippen LogP contribution < -0.4 is 4.90 Å². The Hall–Kier alpha value is -1.74. The highest BCUT2D eigenvalue weighted by molar-refractivity contribution is 7.88. The summed E-state index contributed by atoms with van der Waals surface area (Å²) in [5.74, 6) is -0.628. The Labute approximate surface area is 135 Å². The zero-order valence-corrected chi connectivity index (χ0v) is 13.7. The Morgan fingerprint density at radius 3 is 2.65 bits per heavy atom. The van der Waals surface area contributed by atoms with Gasteiger partial charge in [-0.05, 0) is 18.9 Å². The Kier molecular flexibility index (Phi) is 4.01. The average molecular weight is 340 g/mol. The summed E-state index contributed by atoms with van der Waals surface area (Å²) in [7, 11) is -3.41. The first kappa shape index (κ1) is 16.1. The predicted molar refractivity (Wildman–Crippen MR) is 83.5 cm³/mol. The van der Waals surface area contributed by atoms with Crippen LogP contribution >= 0.6 is 0 Å². The van der Waals surface area contributed by atoms with Gasteiger partial charge in [-0.3, -0.25) is 4.79 Å². The lowest BCUT2D eigenvalue weighted by molar-refractivity contribution is -0.150. The van der Waals surface area contributed by atoms with E-state index in [1.54, 1.807) is 18.5 Å². The van der Waals surface area contributed by atoms with Crippen molar-refractivity contribution in [2.75, 3.05) is 37.3 Å². The summed E-state index contributed by atoms with van der Waals surface area (Å²) in [6.07, 6.45) is 5.55. The third-order valence-electron chi connectivity index (χ3n) is 4.89. The Morgan fingerprint density at radius 2 is 2.04 bits per heavy atom. The molecule has 126 valence electrons. The van der Waals surface area contributed by atoms with E-state index < -0.39 is 21.4 Å². The van der Waals surface area contributed by atoms with Gasteiger partial charge < -0.3 is 10.0 Å². The van der Waals surface area contributed by atoms with Crippen LogP contribution in [-0.2, 0) is 14.8 Å². The van der Waals surface area contributed by atoms with Crippen LogP contribution in [0.3, 0.4) is 0 Å². The zero-order valence-electron chi connectivity index (χ0n) is 12.9. The fourth-order valence-corrected chi connectivity index (χ4v) is 4.54. The van der Waals surface area contributed by atoms with E-state index in [-0.39, 0.29) is 19.0 Å². The van der Waals surface area contributed by atoms with E-state index in [0.717, 1.165) is 6.26 Å². The van der Waals surface area contributed by atoms with Crippen LogP contribution in [0.25, 0.3) is 0 Å². The van der Waals surface area contributed by atoms with Crippen LogP contribution in [0.2, 0.25) is 0 Å². The second-order valence-electron chi connectivity index (χ2n) is 6.31. The summed E-state index contributed by atoms with van der Waals surface area (Å²) in [6, 6.07) is 1.73. The Balaban J connectivity index is 1.92. The maximum Gasteiger partial charge on any atom is 0.311 e. The normalized spacial score (nSPS) is 29.1. The van der Waals surface area contributed by atoms with E-state index in [2.05, 4.69) is 9.97 Å². The molecule has 0 saturated carbocycles. The third kappa shape index (κ3) is 2.90. The number of anilines is 1. The van der Waals surface area contributed by atoms with E-state index in [1.807, 2.05) is 4.90 Å². The van der Waals surface area contributed by atoms with Crippen LogP contribution in [0.1, 0.15) is 12.8 Å². The number of nitrogens with zero attached hydrogens (tertiary/aromatic N) is 4. The SMILES string of the molecule is CS(=O)(=O)N1C[C@H]2CN(c3ncccn3)CCC[C@@]2(C(=O)O)C1. The van der Waals surface area contributed by atoms with Crippen LogP contribution in [-0.4, -0.2) is 66.2 Å². The molecular formula is C14H20N4O4S. The van der Waals surface area contributed by atoms with Gasteiger partial charge in [0.25, 0.3) is 0 Å². The average Bonchev–Trinajstić information content (AvgIpc) is 2.78. The highest BCUT2D eigenvalue weighted by atomic mass is 32.2. The minimum absolute atomic E-state index is 0.0509. The molecule has 9 heteroatoms. The summed E-state index contributed by atoms with van der Waals surface area (Å²) in [5, 5.41) is 9.79. The first-order valence-electron chi connectivity index (χ1n) is 7.53. The van der Waals surface area contributed by atoms with Crippen LogP contribution in [0.5, 0.6) is 0 Å². The fourth-order valence-electron chi connectivity index (χ4n) is 3.63. The Morgan fingerprint density at radius 1 is 1.35 bits per heavy atom. The lowest BCUT2D eigenvalue weighted by Crippen LogP contribution is -2.41. The standard InChI is InChI=1S/C14H20N4O4S/c1-23(21,22)18-9-11-8-17(13-15-5-3-6-16-13)7-2-4-14(11,10-18)12(19)20/h3,5-6,11H,2,4,7-10H2,1H3,(H,19,20)/t11-,14-/m1/s1. The van der Waals surface area contributed by atoms with Crippen molar-refractivity contribution in [3.05, 3.63) is 18.5 Å². The molecule has 2 saturated heterocycles. The molecule has 0 unspecified atom stereocenters. The molecule has 23 heavy (non-hydrogen) atoms. The number of hydrogen-bond donors (Lipinski definition) is 1. The number of carboxylic acid groups (broad SMARTS) is 1. The van der Waals surface area contributed by atoms with E-state index in [1.165, 1.54) is 4.31 Å². The van der Waals surface area contributed by atoms with Crippen molar-refractivity contribution in [1.82, 2.24) is 14.3 Å². The lowest BCUT2D eigenvalue weighted by atomic mass is 9.75. The van der Waals surface area contributed by atoms with Crippen molar-refractivity contribution < 1.29 is 18.3 Å². The molecule has 0 spiro atoms. The van der Waals surface area contributed by atoms with Gasteiger partial charge in [-0.2, -0.15) is 0 Å². The molecule has 0 bridgehead atoms. The fraction of sp³-hybridized carbons (Fsp3) is 0.643. The van der Waals surface area contributed by atoms with Gasteiger partial charge in [-0.1, -0.05) is 0 Å². The second kappa shape index (κ2) is 5.72. The maximum absolute atomic E-state index is 12.0. The molecule has 0 radical (unpaired) electrons. The van der Waals surface area contributed by atoms with Crippen LogP contribution in [0.4, 0.5) is 5.95 Å². The molecule has 0 aliphatic carbocycles. The smallest absolute Gasteiger partial charge is 0.311 e. The Bertz CT molecular complexity index is 696. The zero-order chi connectivity index (χ0) is 16.7. The van der Waals surface area contributed by atoms with Gasteiger partial charge in [0.15, 0.2) is 0 Å². The minimum Gasteiger partial charge on any atom is -0.481 e. The summed E-state index contributed by atoms with van der Waals surface area (Å²) in [6.45, 7) is 1.40. The molecule has 2 fully saturated rings. The third-order valence-corrected chi connectivity index (χ3v) is 6.10. The maximum atomic E-state index is 12.0. The number of sulfonamides is 1. The monoisotopic (exact) mass is 340 g/mol. The van der Waals surface area contributed by atoms with Gasteiger partial charge >= 0.3 is 5.97 Å². The van der Waals surface area contributed by atoms with Gasteiger partial charge in [-0.15, -0.1) is 0 Å². The van der Waals surface area contributed by atoms with Crippen molar-refractivity contribution in [1.29, 1.82) is 0 Å². The molecule has 1 N–H and O–H groups in total. The topological polar surface area (TPSA) is 104 Å². The number of aromatic nitrogens is 2. The summed E-state index contributed by atoms with van der Waals surface area (Å²) in [5.41, 5.74) is -1.02. The van der Waals surface area contributed by atoms with E-state index in [0.29, 0.717) is 31.9 Å². The quantitative estimate of drug-likeness (QED) is 0.828. The first-order valence-corrected chi connectivity index (χ1v) is 9.38. The molecule has 0 amide bonds. The molecule has 3 heterocycles. The van der Waals surface area contributed by atoms with Gasteiger partial charge in [0, 0.05) is 44.5 Å². The van der Waals surface area contributed by atoms with Gasteiger partial charge in [-0.25, -0.2) is 22.7 Å². The molecule has 1 aromatic heterocycles. The van der Waals surface area contributed by atoms with Gasteiger partial charge in [0.05, 0.1) is 11.7 Å². The van der Waals surface area contributed by atoms with Gasteiger partial charge in [0.1, 0.15) is 0 Å². The number of aliphatic carboxylic acids is 1. The predicted octanol–water partition coefficient (Wildman–Crippen LogP) is 0.0392. The second-order valence-corrected chi connectivity index (χ2v) is 8.29. The van der Waals surface area contributed by atoms with Crippen molar-refractivity contribution in [3.8, 4) is 0 Å². The highest BCUT2D eigenvalue weighted by Crippen LogP contribution is 2.44. The number of hydrogen-bond acceptors (Lipinski definition) is 6. The van der Waals surface area contributed by atoms with Crippen molar-refractivity contribution >= 4 is 21.9 Å². The van der Waals surface area contributed by atoms with E-state index in [4.69, 9.17) is 0 Å². The molecule has 8 nitrogen and oxygen atoms in total. The molecule has 2 atom stereocenters. The minimum atomic E-state index is -3.41. The molecule has 2 aliphatic rings. The highest BCUT2D eigenvalue weighted by Gasteiger charge is 2.55. The van der Waals surface area contributed by atoms with E-state index in [9.17, 15) is 18.3 Å². The van der Waals surface area contributed by atoms with Crippen LogP contribution in [0, 0.1) is 11.3 Å². The molecule has 3 rings (SSSR count). The van der Waals surface area contributed by atoms with Crippen LogP contribution in [0.15, 0.2) is 18.5 Å².